The van der Waals surface area contributed by atoms with E-state index in [2.05, 4.69) is 0 Å². The molecule has 0 bridgehead atoms. The van der Waals surface area contributed by atoms with Crippen LogP contribution in [0.4, 0.5) is 4.39 Å². The van der Waals surface area contributed by atoms with E-state index >= 15 is 0 Å². The van der Waals surface area contributed by atoms with E-state index in [1.807, 2.05) is 39.0 Å². The summed E-state index contributed by atoms with van der Waals surface area (Å²) in [6, 6.07) is 9.20. The Morgan fingerprint density at radius 3 is 2.17 bits per heavy atom. The molecule has 94 valence electrons. The van der Waals surface area contributed by atoms with Crippen molar-refractivity contribution < 1.29 is 4.39 Å². The molecule has 0 heterocycles. The molecule has 1 nitrogen and oxygen atoms in total. The first kappa shape index (κ1) is 12.8. The molecule has 0 fully saturated rings. The van der Waals surface area contributed by atoms with Crippen molar-refractivity contribution in [2.45, 2.75) is 27.3 Å². The zero-order valence-corrected chi connectivity index (χ0v) is 11.0. The summed E-state index contributed by atoms with van der Waals surface area (Å²) in [6.07, 6.45) is 0. The highest BCUT2D eigenvalue weighted by Gasteiger charge is 2.09. The molecular formula is C16H18FN. The minimum absolute atomic E-state index is 0.181. The fourth-order valence-corrected chi connectivity index (χ4v) is 2.33. The van der Waals surface area contributed by atoms with Gasteiger partial charge < -0.3 is 5.73 Å². The zero-order valence-electron chi connectivity index (χ0n) is 11.0. The Morgan fingerprint density at radius 2 is 1.61 bits per heavy atom. The molecule has 0 amide bonds. The molecule has 0 atom stereocenters. The Bertz CT molecular complexity index is 565. The lowest BCUT2D eigenvalue weighted by molar-refractivity contribution is 0.631. The molecule has 0 aromatic heterocycles. The van der Waals surface area contributed by atoms with Crippen molar-refractivity contribution in [2.75, 3.05) is 0 Å². The fraction of sp³-hybridized carbons (Fsp3) is 0.250. The standard InChI is InChI=1S/C16H18FN/c1-10-4-5-16(17)14(6-10)13-7-11(2)15(9-18)12(3)8-13/h4-8H,9,18H2,1-3H3. The quantitative estimate of drug-likeness (QED) is 0.851. The lowest BCUT2D eigenvalue weighted by Crippen LogP contribution is -2.02. The van der Waals surface area contributed by atoms with Gasteiger partial charge in [0.1, 0.15) is 5.82 Å². The number of halogens is 1. The van der Waals surface area contributed by atoms with Crippen molar-refractivity contribution in [1.29, 1.82) is 0 Å². The van der Waals surface area contributed by atoms with Gasteiger partial charge in [-0.3, -0.25) is 0 Å². The molecule has 2 N–H and O–H groups in total. The van der Waals surface area contributed by atoms with E-state index < -0.39 is 0 Å². The topological polar surface area (TPSA) is 26.0 Å². The van der Waals surface area contributed by atoms with Gasteiger partial charge in [-0.2, -0.15) is 0 Å². The summed E-state index contributed by atoms with van der Waals surface area (Å²) in [4.78, 5) is 0. The normalized spacial score (nSPS) is 10.7. The maximum absolute atomic E-state index is 13.9. The molecule has 0 saturated heterocycles. The van der Waals surface area contributed by atoms with Crippen molar-refractivity contribution in [1.82, 2.24) is 0 Å². The van der Waals surface area contributed by atoms with Gasteiger partial charge in [-0.05, 0) is 55.2 Å². The van der Waals surface area contributed by atoms with Gasteiger partial charge in [-0.25, -0.2) is 4.39 Å². The third-order valence-corrected chi connectivity index (χ3v) is 3.33. The van der Waals surface area contributed by atoms with Crippen molar-refractivity contribution >= 4 is 0 Å². The van der Waals surface area contributed by atoms with Crippen LogP contribution in [0.1, 0.15) is 22.3 Å². The molecule has 0 aliphatic rings. The van der Waals surface area contributed by atoms with Crippen molar-refractivity contribution in [3.63, 3.8) is 0 Å². The predicted molar refractivity (Wildman–Crippen MR) is 73.9 cm³/mol. The van der Waals surface area contributed by atoms with Crippen molar-refractivity contribution in [3.05, 3.63) is 58.4 Å². The van der Waals surface area contributed by atoms with Crippen LogP contribution in [0.25, 0.3) is 11.1 Å². The maximum Gasteiger partial charge on any atom is 0.131 e. The minimum atomic E-state index is -0.181. The molecule has 2 heteroatoms. The first-order valence-corrected chi connectivity index (χ1v) is 6.09. The summed E-state index contributed by atoms with van der Waals surface area (Å²) in [5.41, 5.74) is 11.7. The van der Waals surface area contributed by atoms with E-state index in [1.165, 1.54) is 6.07 Å². The highest BCUT2D eigenvalue weighted by atomic mass is 19.1. The molecule has 18 heavy (non-hydrogen) atoms. The van der Waals surface area contributed by atoms with Crippen LogP contribution < -0.4 is 5.73 Å². The summed E-state index contributed by atoms with van der Waals surface area (Å²) in [5.74, 6) is -0.181. The molecule has 0 saturated carbocycles. The zero-order chi connectivity index (χ0) is 13.3. The smallest absolute Gasteiger partial charge is 0.131 e. The van der Waals surface area contributed by atoms with Gasteiger partial charge in [0.25, 0.3) is 0 Å². The number of hydrogen-bond acceptors (Lipinski definition) is 1. The number of aryl methyl sites for hydroxylation is 3. The van der Waals surface area contributed by atoms with E-state index in [9.17, 15) is 4.39 Å². The summed E-state index contributed by atoms with van der Waals surface area (Å²) >= 11 is 0. The van der Waals surface area contributed by atoms with Crippen molar-refractivity contribution in [2.24, 2.45) is 5.73 Å². The Hall–Kier alpha value is -1.67. The van der Waals surface area contributed by atoms with Crippen LogP contribution in [0.5, 0.6) is 0 Å². The first-order valence-electron chi connectivity index (χ1n) is 6.09. The summed E-state index contributed by atoms with van der Waals surface area (Å²) in [5, 5.41) is 0. The number of hydrogen-bond donors (Lipinski definition) is 1. The van der Waals surface area contributed by atoms with Crippen LogP contribution in [0.15, 0.2) is 30.3 Å². The monoisotopic (exact) mass is 243 g/mol. The van der Waals surface area contributed by atoms with Crippen molar-refractivity contribution in [3.8, 4) is 11.1 Å². The largest absolute Gasteiger partial charge is 0.326 e. The van der Waals surface area contributed by atoms with Crippen LogP contribution in [0, 0.1) is 26.6 Å². The number of nitrogens with two attached hydrogens (primary N) is 1. The van der Waals surface area contributed by atoms with E-state index in [-0.39, 0.29) is 5.82 Å². The highest BCUT2D eigenvalue weighted by Crippen LogP contribution is 2.28. The summed E-state index contributed by atoms with van der Waals surface area (Å²) in [7, 11) is 0. The molecule has 0 unspecified atom stereocenters. The molecular weight excluding hydrogens is 225 g/mol. The Balaban J connectivity index is 2.61. The SMILES string of the molecule is Cc1ccc(F)c(-c2cc(C)c(CN)c(C)c2)c1. The Kier molecular flexibility index (Phi) is 3.48. The van der Waals surface area contributed by atoms with Gasteiger partial charge in [-0.15, -0.1) is 0 Å². The van der Waals surface area contributed by atoms with Crippen LogP contribution in [-0.4, -0.2) is 0 Å². The maximum atomic E-state index is 13.9. The Morgan fingerprint density at radius 1 is 1.00 bits per heavy atom. The number of rotatable bonds is 2. The number of benzene rings is 2. The average Bonchev–Trinajstić information content (AvgIpc) is 2.32. The van der Waals surface area contributed by atoms with Gasteiger partial charge in [0.05, 0.1) is 0 Å². The third-order valence-electron chi connectivity index (χ3n) is 3.33. The Labute approximate surface area is 107 Å². The lowest BCUT2D eigenvalue weighted by Gasteiger charge is -2.12. The molecule has 0 aliphatic heterocycles. The molecule has 0 radical (unpaired) electrons. The van der Waals surface area contributed by atoms with E-state index in [0.717, 1.165) is 27.8 Å². The van der Waals surface area contributed by atoms with Crippen LogP contribution >= 0.6 is 0 Å². The second kappa shape index (κ2) is 4.91. The van der Waals surface area contributed by atoms with Gasteiger partial charge in [0, 0.05) is 12.1 Å². The summed E-state index contributed by atoms with van der Waals surface area (Å²) in [6.45, 7) is 6.53. The van der Waals surface area contributed by atoms with E-state index in [0.29, 0.717) is 12.1 Å². The second-order valence-corrected chi connectivity index (χ2v) is 4.78. The van der Waals surface area contributed by atoms with Gasteiger partial charge in [-0.1, -0.05) is 23.8 Å². The van der Waals surface area contributed by atoms with Gasteiger partial charge in [0.15, 0.2) is 0 Å². The molecule has 2 aromatic rings. The van der Waals surface area contributed by atoms with E-state index in [1.54, 1.807) is 6.07 Å². The van der Waals surface area contributed by atoms with Gasteiger partial charge in [0.2, 0.25) is 0 Å². The van der Waals surface area contributed by atoms with Crippen LogP contribution in [-0.2, 0) is 6.54 Å². The molecule has 2 rings (SSSR count). The second-order valence-electron chi connectivity index (χ2n) is 4.78. The van der Waals surface area contributed by atoms with Crippen LogP contribution in [0.3, 0.4) is 0 Å². The van der Waals surface area contributed by atoms with Gasteiger partial charge >= 0.3 is 0 Å². The predicted octanol–water partition coefficient (Wildman–Crippen LogP) is 3.88. The molecule has 0 aliphatic carbocycles. The van der Waals surface area contributed by atoms with Crippen LogP contribution in [0.2, 0.25) is 0 Å². The molecule has 2 aromatic carbocycles. The summed E-state index contributed by atoms with van der Waals surface area (Å²) < 4.78 is 13.9. The fourth-order valence-electron chi connectivity index (χ4n) is 2.33. The molecule has 0 spiro atoms. The van der Waals surface area contributed by atoms with E-state index in [4.69, 9.17) is 5.73 Å². The highest BCUT2D eigenvalue weighted by molar-refractivity contribution is 5.67. The minimum Gasteiger partial charge on any atom is -0.326 e. The lowest BCUT2D eigenvalue weighted by atomic mass is 9.94. The third kappa shape index (κ3) is 2.29. The first-order chi connectivity index (χ1) is 8.52. The average molecular weight is 243 g/mol.